The Balaban J connectivity index is 1.31. The van der Waals surface area contributed by atoms with Crippen LogP contribution >= 0.6 is 0 Å². The Morgan fingerprint density at radius 3 is 2.39 bits per heavy atom. The van der Waals surface area contributed by atoms with Crippen LogP contribution in [0.25, 0.3) is 0 Å². The number of hydrogen-bond acceptors (Lipinski definition) is 5. The molecule has 0 bridgehead atoms. The molecule has 1 N–H and O–H groups in total. The van der Waals surface area contributed by atoms with E-state index in [1.54, 1.807) is 41.2 Å². The molecule has 2 aliphatic heterocycles. The highest BCUT2D eigenvalue weighted by Gasteiger charge is 2.52. The number of piperazine rings is 1. The predicted octanol–water partition coefficient (Wildman–Crippen LogP) is 1.87. The van der Waals surface area contributed by atoms with E-state index in [9.17, 15) is 19.2 Å². The third kappa shape index (κ3) is 4.54. The van der Waals surface area contributed by atoms with Crippen LogP contribution in [0.3, 0.4) is 0 Å². The Kier molecular flexibility index (Phi) is 6.58. The molecule has 1 spiro atoms. The normalized spacial score (nSPS) is 25.4. The summed E-state index contributed by atoms with van der Waals surface area (Å²) in [4.78, 5) is 55.7. The Hall–Kier alpha value is -3.10. The van der Waals surface area contributed by atoms with Crippen LogP contribution in [0.2, 0.25) is 0 Å². The number of nitrogens with one attached hydrogen (secondary N) is 1. The molecule has 1 saturated carbocycles. The van der Waals surface area contributed by atoms with Gasteiger partial charge in [0.2, 0.25) is 5.91 Å². The molecular weight excluding hydrogens is 424 g/mol. The maximum absolute atomic E-state index is 13.1. The van der Waals surface area contributed by atoms with Gasteiger partial charge in [0.05, 0.1) is 7.11 Å². The van der Waals surface area contributed by atoms with Crippen LogP contribution in [0.4, 0.5) is 4.79 Å². The zero-order chi connectivity index (χ0) is 23.6. The molecule has 9 heteroatoms. The quantitative estimate of drug-likeness (QED) is 0.682. The zero-order valence-corrected chi connectivity index (χ0v) is 19.3. The summed E-state index contributed by atoms with van der Waals surface area (Å²) in [5.74, 6) is 0.546. The average Bonchev–Trinajstić information content (AvgIpc) is 3.08. The number of urea groups is 1. The van der Waals surface area contributed by atoms with Crippen molar-refractivity contribution in [1.29, 1.82) is 0 Å². The molecule has 0 radical (unpaired) electrons. The molecule has 0 atom stereocenters. The van der Waals surface area contributed by atoms with Gasteiger partial charge in [-0.3, -0.25) is 19.3 Å². The van der Waals surface area contributed by atoms with Crippen LogP contribution in [0.15, 0.2) is 24.3 Å². The van der Waals surface area contributed by atoms with Gasteiger partial charge in [0, 0.05) is 31.7 Å². The number of amides is 5. The third-order valence-corrected chi connectivity index (χ3v) is 7.31. The van der Waals surface area contributed by atoms with Gasteiger partial charge in [-0.1, -0.05) is 19.4 Å². The molecule has 2 saturated heterocycles. The Bertz CT molecular complexity index is 933. The fourth-order valence-electron chi connectivity index (χ4n) is 5.07. The second-order valence-electron chi connectivity index (χ2n) is 9.16. The fraction of sp³-hybridized carbons (Fsp3) is 0.583. The second kappa shape index (κ2) is 9.41. The van der Waals surface area contributed by atoms with E-state index in [-0.39, 0.29) is 24.3 Å². The molecular formula is C24H32N4O5. The highest BCUT2D eigenvalue weighted by atomic mass is 16.5. The van der Waals surface area contributed by atoms with Crippen LogP contribution in [-0.2, 0) is 9.59 Å². The predicted molar refractivity (Wildman–Crippen MR) is 121 cm³/mol. The molecule has 1 aromatic carbocycles. The number of ether oxygens (including phenoxy) is 1. The van der Waals surface area contributed by atoms with Gasteiger partial charge in [-0.25, -0.2) is 4.79 Å². The molecule has 5 amide bonds. The van der Waals surface area contributed by atoms with Crippen molar-refractivity contribution in [3.63, 3.8) is 0 Å². The van der Waals surface area contributed by atoms with E-state index in [1.807, 2.05) is 0 Å². The van der Waals surface area contributed by atoms with Crippen molar-refractivity contribution in [2.75, 3.05) is 39.8 Å². The molecule has 0 unspecified atom stereocenters. The molecule has 178 valence electrons. The number of carbonyl (C=O) groups is 4. The summed E-state index contributed by atoms with van der Waals surface area (Å²) < 4.78 is 5.19. The van der Waals surface area contributed by atoms with Gasteiger partial charge in [0.15, 0.2) is 0 Å². The lowest BCUT2D eigenvalue weighted by Gasteiger charge is -2.36. The molecule has 3 aliphatic rings. The minimum Gasteiger partial charge on any atom is -0.497 e. The van der Waals surface area contributed by atoms with Crippen LogP contribution < -0.4 is 10.1 Å². The SMILES string of the molecule is CCC1CCC2(CC1)NC(=O)N(CC(=O)N1CCN(C(=O)c3cccc(OC)c3)CC1)C2=O. The van der Waals surface area contributed by atoms with E-state index in [4.69, 9.17) is 4.74 Å². The highest BCUT2D eigenvalue weighted by Crippen LogP contribution is 2.37. The summed E-state index contributed by atoms with van der Waals surface area (Å²) in [6, 6.07) is 6.51. The first-order chi connectivity index (χ1) is 15.9. The molecule has 4 rings (SSSR count). The number of benzene rings is 1. The molecule has 3 fully saturated rings. The van der Waals surface area contributed by atoms with Crippen LogP contribution in [0.1, 0.15) is 49.4 Å². The van der Waals surface area contributed by atoms with E-state index in [0.717, 1.165) is 24.2 Å². The Morgan fingerprint density at radius 2 is 1.76 bits per heavy atom. The molecule has 0 aromatic heterocycles. The lowest BCUT2D eigenvalue weighted by molar-refractivity contribution is -0.140. The third-order valence-electron chi connectivity index (χ3n) is 7.31. The van der Waals surface area contributed by atoms with Gasteiger partial charge in [0.25, 0.3) is 11.8 Å². The summed E-state index contributed by atoms with van der Waals surface area (Å²) in [6.07, 6.45) is 4.16. The topological polar surface area (TPSA) is 99.3 Å². The van der Waals surface area contributed by atoms with E-state index < -0.39 is 11.6 Å². The van der Waals surface area contributed by atoms with E-state index >= 15 is 0 Å². The zero-order valence-electron chi connectivity index (χ0n) is 19.3. The second-order valence-corrected chi connectivity index (χ2v) is 9.16. The molecule has 1 aliphatic carbocycles. The number of rotatable bonds is 5. The van der Waals surface area contributed by atoms with Crippen molar-refractivity contribution in [2.45, 2.75) is 44.6 Å². The smallest absolute Gasteiger partial charge is 0.325 e. The minimum absolute atomic E-state index is 0.111. The van der Waals surface area contributed by atoms with Crippen LogP contribution in [0.5, 0.6) is 5.75 Å². The standard InChI is InChI=1S/C24H32N4O5/c1-3-17-7-9-24(10-8-17)22(31)28(23(32)25-24)16-20(29)26-11-13-27(14-12-26)21(30)18-5-4-6-19(15-18)33-2/h4-6,15,17H,3,7-14,16H2,1-2H3,(H,25,32). The van der Waals surface area contributed by atoms with Crippen molar-refractivity contribution >= 4 is 23.8 Å². The molecule has 2 heterocycles. The first-order valence-corrected chi connectivity index (χ1v) is 11.7. The summed E-state index contributed by atoms with van der Waals surface area (Å²) in [6.45, 7) is 3.40. The lowest BCUT2D eigenvalue weighted by atomic mass is 9.75. The lowest BCUT2D eigenvalue weighted by Crippen LogP contribution is -2.53. The van der Waals surface area contributed by atoms with Gasteiger partial charge in [-0.2, -0.15) is 0 Å². The van der Waals surface area contributed by atoms with Crippen LogP contribution in [0, 0.1) is 5.92 Å². The van der Waals surface area contributed by atoms with Gasteiger partial charge < -0.3 is 19.9 Å². The van der Waals surface area contributed by atoms with Gasteiger partial charge in [0.1, 0.15) is 17.8 Å². The van der Waals surface area contributed by atoms with E-state index in [1.165, 1.54) is 0 Å². The first kappa shape index (κ1) is 23.1. The van der Waals surface area contributed by atoms with Gasteiger partial charge >= 0.3 is 6.03 Å². The monoisotopic (exact) mass is 456 g/mol. The summed E-state index contributed by atoms with van der Waals surface area (Å²) >= 11 is 0. The highest BCUT2D eigenvalue weighted by molar-refractivity contribution is 6.09. The van der Waals surface area contributed by atoms with Gasteiger partial charge in [-0.05, 0) is 49.8 Å². The largest absolute Gasteiger partial charge is 0.497 e. The van der Waals surface area contributed by atoms with Crippen molar-refractivity contribution in [2.24, 2.45) is 5.92 Å². The number of carbonyl (C=O) groups excluding carboxylic acids is 4. The number of hydrogen-bond donors (Lipinski definition) is 1. The molecule has 9 nitrogen and oxygen atoms in total. The van der Waals surface area contributed by atoms with Crippen molar-refractivity contribution in [1.82, 2.24) is 20.0 Å². The Morgan fingerprint density at radius 1 is 1.09 bits per heavy atom. The molecule has 33 heavy (non-hydrogen) atoms. The number of methoxy groups -OCH3 is 1. The summed E-state index contributed by atoms with van der Waals surface area (Å²) in [5.41, 5.74) is -0.304. The van der Waals surface area contributed by atoms with Crippen molar-refractivity contribution in [3.8, 4) is 5.75 Å². The summed E-state index contributed by atoms with van der Waals surface area (Å²) in [5, 5.41) is 2.88. The molecule has 1 aromatic rings. The van der Waals surface area contributed by atoms with E-state index in [2.05, 4.69) is 12.2 Å². The maximum Gasteiger partial charge on any atom is 0.325 e. The van der Waals surface area contributed by atoms with Crippen molar-refractivity contribution < 1.29 is 23.9 Å². The van der Waals surface area contributed by atoms with Crippen molar-refractivity contribution in [3.05, 3.63) is 29.8 Å². The fourth-order valence-corrected chi connectivity index (χ4v) is 5.07. The summed E-state index contributed by atoms with van der Waals surface area (Å²) in [7, 11) is 1.55. The minimum atomic E-state index is -0.842. The first-order valence-electron chi connectivity index (χ1n) is 11.7. The number of nitrogens with zero attached hydrogens (tertiary/aromatic N) is 3. The number of imide groups is 1. The Labute approximate surface area is 194 Å². The maximum atomic E-state index is 13.1. The van der Waals surface area contributed by atoms with Crippen LogP contribution in [-0.4, -0.2) is 83.8 Å². The van der Waals surface area contributed by atoms with E-state index in [0.29, 0.717) is 56.3 Å². The van der Waals surface area contributed by atoms with Gasteiger partial charge in [-0.15, -0.1) is 0 Å². The average molecular weight is 457 g/mol.